The standard InChI is InChI=1S/C12H16O/c1-9-5-4-7-11(2,3)12(9)8-6-10(12)13/h4-5,7H,6,8H2,1-3H3. The van der Waals surface area contributed by atoms with Gasteiger partial charge < -0.3 is 0 Å². The zero-order valence-electron chi connectivity index (χ0n) is 8.55. The molecule has 13 heavy (non-hydrogen) atoms. The van der Waals surface area contributed by atoms with Crippen LogP contribution in [0.3, 0.4) is 0 Å². The minimum absolute atomic E-state index is 0.0150. The quantitative estimate of drug-likeness (QED) is 0.554. The lowest BCUT2D eigenvalue weighted by Gasteiger charge is -2.52. The lowest BCUT2D eigenvalue weighted by Crippen LogP contribution is -2.52. The Morgan fingerprint density at radius 1 is 1.38 bits per heavy atom. The van der Waals surface area contributed by atoms with Gasteiger partial charge in [0.25, 0.3) is 0 Å². The zero-order valence-corrected chi connectivity index (χ0v) is 8.55. The molecule has 0 amide bonds. The summed E-state index contributed by atoms with van der Waals surface area (Å²) in [5, 5.41) is 0. The number of hydrogen-bond acceptors (Lipinski definition) is 1. The Kier molecular flexibility index (Phi) is 1.57. The maximum absolute atomic E-state index is 11.8. The van der Waals surface area contributed by atoms with Crippen LogP contribution in [-0.4, -0.2) is 5.78 Å². The van der Waals surface area contributed by atoms with Crippen LogP contribution in [0.5, 0.6) is 0 Å². The number of rotatable bonds is 0. The van der Waals surface area contributed by atoms with Gasteiger partial charge in [-0.2, -0.15) is 0 Å². The van der Waals surface area contributed by atoms with Crippen LogP contribution < -0.4 is 0 Å². The monoisotopic (exact) mass is 176 g/mol. The molecule has 2 rings (SSSR count). The largest absolute Gasteiger partial charge is 0.299 e. The molecule has 0 bridgehead atoms. The van der Waals surface area contributed by atoms with Crippen molar-refractivity contribution in [3.63, 3.8) is 0 Å². The number of allylic oxidation sites excluding steroid dienone is 4. The SMILES string of the molecule is CC1=CC=CC(C)(C)C12CCC2=O. The maximum Gasteiger partial charge on any atom is 0.143 e. The number of Topliss-reactive ketones (excluding diaryl/α,β-unsaturated/α-hetero) is 1. The minimum Gasteiger partial charge on any atom is -0.299 e. The molecule has 0 saturated heterocycles. The second-order valence-corrected chi connectivity index (χ2v) is 4.76. The van der Waals surface area contributed by atoms with E-state index in [0.717, 1.165) is 12.8 Å². The van der Waals surface area contributed by atoms with E-state index in [2.05, 4.69) is 39.0 Å². The summed E-state index contributed by atoms with van der Waals surface area (Å²) in [7, 11) is 0. The summed E-state index contributed by atoms with van der Waals surface area (Å²) < 4.78 is 0. The molecule has 1 heteroatoms. The predicted octanol–water partition coefficient (Wildman–Crippen LogP) is 2.88. The average molecular weight is 176 g/mol. The molecule has 0 N–H and O–H groups in total. The van der Waals surface area contributed by atoms with E-state index >= 15 is 0 Å². The fraction of sp³-hybridized carbons (Fsp3) is 0.583. The van der Waals surface area contributed by atoms with E-state index in [1.807, 2.05) is 0 Å². The van der Waals surface area contributed by atoms with Crippen molar-refractivity contribution >= 4 is 5.78 Å². The first-order valence-electron chi connectivity index (χ1n) is 4.91. The lowest BCUT2D eigenvalue weighted by atomic mass is 9.49. The number of hydrogen-bond donors (Lipinski definition) is 0. The van der Waals surface area contributed by atoms with Gasteiger partial charge in [0.1, 0.15) is 5.78 Å². The van der Waals surface area contributed by atoms with E-state index in [1.165, 1.54) is 5.57 Å². The molecule has 1 saturated carbocycles. The summed E-state index contributed by atoms with van der Waals surface area (Å²) in [6.45, 7) is 6.41. The molecule has 70 valence electrons. The summed E-state index contributed by atoms with van der Waals surface area (Å²) in [6.07, 6.45) is 8.12. The molecule has 0 aromatic carbocycles. The van der Waals surface area contributed by atoms with E-state index < -0.39 is 0 Å². The van der Waals surface area contributed by atoms with Crippen LogP contribution in [0.15, 0.2) is 23.8 Å². The van der Waals surface area contributed by atoms with Gasteiger partial charge in [0.05, 0.1) is 5.41 Å². The summed E-state index contributed by atoms with van der Waals surface area (Å²) >= 11 is 0. The average Bonchev–Trinajstić information content (AvgIpc) is 2.00. The highest BCUT2D eigenvalue weighted by molar-refractivity contribution is 5.95. The van der Waals surface area contributed by atoms with Crippen molar-refractivity contribution in [2.45, 2.75) is 33.6 Å². The highest BCUT2D eigenvalue weighted by Crippen LogP contribution is 2.57. The van der Waals surface area contributed by atoms with E-state index in [9.17, 15) is 4.79 Å². The molecule has 1 unspecified atom stereocenters. The summed E-state index contributed by atoms with van der Waals surface area (Å²) in [5.41, 5.74) is 1.11. The molecule has 2 aliphatic rings. The normalized spacial score (nSPS) is 35.9. The van der Waals surface area contributed by atoms with Crippen LogP contribution in [0.1, 0.15) is 33.6 Å². The molecule has 2 aliphatic carbocycles. The van der Waals surface area contributed by atoms with Gasteiger partial charge in [0.2, 0.25) is 0 Å². The minimum atomic E-state index is -0.151. The highest BCUT2D eigenvalue weighted by Gasteiger charge is 2.56. The van der Waals surface area contributed by atoms with Crippen LogP contribution in [0.2, 0.25) is 0 Å². The molecular formula is C12H16O. The van der Waals surface area contributed by atoms with E-state index in [4.69, 9.17) is 0 Å². The van der Waals surface area contributed by atoms with Gasteiger partial charge in [-0.05, 0) is 18.8 Å². The third kappa shape index (κ3) is 0.849. The van der Waals surface area contributed by atoms with Crippen molar-refractivity contribution in [1.29, 1.82) is 0 Å². The molecule has 1 atom stereocenters. The van der Waals surface area contributed by atoms with Crippen LogP contribution in [0, 0.1) is 10.8 Å². The van der Waals surface area contributed by atoms with Crippen molar-refractivity contribution in [3.8, 4) is 0 Å². The second kappa shape index (κ2) is 2.34. The third-order valence-electron chi connectivity index (χ3n) is 3.84. The van der Waals surface area contributed by atoms with Crippen molar-refractivity contribution in [1.82, 2.24) is 0 Å². The van der Waals surface area contributed by atoms with E-state index in [0.29, 0.717) is 5.78 Å². The summed E-state index contributed by atoms with van der Waals surface area (Å²) in [6, 6.07) is 0. The first-order chi connectivity index (χ1) is 6.01. The second-order valence-electron chi connectivity index (χ2n) is 4.76. The zero-order chi connectivity index (χ0) is 9.69. The van der Waals surface area contributed by atoms with Crippen molar-refractivity contribution < 1.29 is 4.79 Å². The summed E-state index contributed by atoms with van der Waals surface area (Å²) in [5.74, 6) is 0.426. The van der Waals surface area contributed by atoms with Crippen LogP contribution in [-0.2, 0) is 4.79 Å². The number of carbonyl (C=O) groups is 1. The molecule has 1 spiro atoms. The molecule has 0 aliphatic heterocycles. The third-order valence-corrected chi connectivity index (χ3v) is 3.84. The molecular weight excluding hydrogens is 160 g/mol. The lowest BCUT2D eigenvalue weighted by molar-refractivity contribution is -0.141. The summed E-state index contributed by atoms with van der Waals surface area (Å²) in [4.78, 5) is 11.8. The molecule has 0 radical (unpaired) electrons. The molecule has 0 aromatic rings. The first kappa shape index (κ1) is 8.74. The van der Waals surface area contributed by atoms with Gasteiger partial charge in [-0.15, -0.1) is 0 Å². The van der Waals surface area contributed by atoms with Crippen LogP contribution in [0.25, 0.3) is 0 Å². The highest BCUT2D eigenvalue weighted by atomic mass is 16.1. The van der Waals surface area contributed by atoms with Gasteiger partial charge in [-0.25, -0.2) is 0 Å². The molecule has 0 aromatic heterocycles. The molecule has 0 heterocycles. The maximum atomic E-state index is 11.8. The van der Waals surface area contributed by atoms with Crippen LogP contribution in [0.4, 0.5) is 0 Å². The van der Waals surface area contributed by atoms with Crippen molar-refractivity contribution in [3.05, 3.63) is 23.8 Å². The Morgan fingerprint density at radius 3 is 2.38 bits per heavy atom. The number of carbonyl (C=O) groups excluding carboxylic acids is 1. The Morgan fingerprint density at radius 2 is 2.08 bits per heavy atom. The van der Waals surface area contributed by atoms with E-state index in [1.54, 1.807) is 0 Å². The Hall–Kier alpha value is -0.850. The van der Waals surface area contributed by atoms with Crippen molar-refractivity contribution in [2.24, 2.45) is 10.8 Å². The Balaban J connectivity index is 2.51. The first-order valence-corrected chi connectivity index (χ1v) is 4.91. The van der Waals surface area contributed by atoms with E-state index in [-0.39, 0.29) is 10.8 Å². The fourth-order valence-electron chi connectivity index (χ4n) is 2.80. The number of ketones is 1. The topological polar surface area (TPSA) is 17.1 Å². The van der Waals surface area contributed by atoms with Crippen molar-refractivity contribution in [2.75, 3.05) is 0 Å². The van der Waals surface area contributed by atoms with Crippen LogP contribution >= 0.6 is 0 Å². The van der Waals surface area contributed by atoms with Gasteiger partial charge in [0.15, 0.2) is 0 Å². The predicted molar refractivity (Wildman–Crippen MR) is 53.4 cm³/mol. The Bertz CT molecular complexity index is 320. The molecule has 1 fully saturated rings. The fourth-order valence-corrected chi connectivity index (χ4v) is 2.80. The molecule has 1 nitrogen and oxygen atoms in total. The van der Waals surface area contributed by atoms with Gasteiger partial charge in [-0.1, -0.05) is 37.6 Å². The Labute approximate surface area is 79.5 Å². The van der Waals surface area contributed by atoms with Gasteiger partial charge >= 0.3 is 0 Å². The van der Waals surface area contributed by atoms with Gasteiger partial charge in [0, 0.05) is 6.42 Å². The smallest absolute Gasteiger partial charge is 0.143 e. The van der Waals surface area contributed by atoms with Gasteiger partial charge in [-0.3, -0.25) is 4.79 Å².